The van der Waals surface area contributed by atoms with Gasteiger partial charge in [0.25, 0.3) is 0 Å². The van der Waals surface area contributed by atoms with E-state index >= 15 is 0 Å². The molecule has 0 aliphatic heterocycles. The van der Waals surface area contributed by atoms with Gasteiger partial charge in [-0.2, -0.15) is 9.40 Å². The lowest BCUT2D eigenvalue weighted by molar-refractivity contribution is 0.457. The molecule has 0 bridgehead atoms. The van der Waals surface area contributed by atoms with Gasteiger partial charge in [0.2, 0.25) is 10.0 Å². The van der Waals surface area contributed by atoms with Gasteiger partial charge in [-0.05, 0) is 24.3 Å². The van der Waals surface area contributed by atoms with E-state index in [9.17, 15) is 8.42 Å². The second kappa shape index (κ2) is 4.75. The molecular formula is C10H13N5O2S. The predicted octanol–water partition coefficient (Wildman–Crippen LogP) is 0.208. The number of aromatic amines is 1. The van der Waals surface area contributed by atoms with Crippen LogP contribution in [0.1, 0.15) is 5.82 Å². The summed E-state index contributed by atoms with van der Waals surface area (Å²) in [6.07, 6.45) is 1.33. The van der Waals surface area contributed by atoms with Crippen LogP contribution in [-0.4, -0.2) is 35.0 Å². The molecule has 0 unspecified atom stereocenters. The molecule has 0 aliphatic rings. The Bertz CT molecular complexity index is 606. The highest BCUT2D eigenvalue weighted by atomic mass is 32.2. The molecule has 18 heavy (non-hydrogen) atoms. The quantitative estimate of drug-likeness (QED) is 0.770. The largest absolute Gasteiger partial charge is 0.399 e. The maximum atomic E-state index is 12.2. The summed E-state index contributed by atoms with van der Waals surface area (Å²) in [5, 5.41) is 6.28. The first kappa shape index (κ1) is 12.5. The van der Waals surface area contributed by atoms with Crippen LogP contribution < -0.4 is 5.73 Å². The van der Waals surface area contributed by atoms with E-state index in [-0.39, 0.29) is 11.4 Å². The van der Waals surface area contributed by atoms with Gasteiger partial charge in [-0.1, -0.05) is 0 Å². The van der Waals surface area contributed by atoms with Crippen molar-refractivity contribution in [2.45, 2.75) is 11.4 Å². The topological polar surface area (TPSA) is 105 Å². The van der Waals surface area contributed by atoms with Crippen molar-refractivity contribution in [3.05, 3.63) is 36.4 Å². The van der Waals surface area contributed by atoms with Crippen molar-refractivity contribution in [1.82, 2.24) is 19.5 Å². The third-order valence-corrected chi connectivity index (χ3v) is 4.24. The molecule has 0 aliphatic carbocycles. The number of benzene rings is 1. The Labute approximate surface area is 105 Å². The van der Waals surface area contributed by atoms with Crippen LogP contribution in [0.3, 0.4) is 0 Å². The second-order valence-corrected chi connectivity index (χ2v) is 5.81. The van der Waals surface area contributed by atoms with Crippen molar-refractivity contribution in [1.29, 1.82) is 0 Å². The number of nitrogens with two attached hydrogens (primary N) is 1. The van der Waals surface area contributed by atoms with Gasteiger partial charge in [-0.15, -0.1) is 0 Å². The van der Waals surface area contributed by atoms with Crippen LogP contribution in [0.15, 0.2) is 35.5 Å². The van der Waals surface area contributed by atoms with E-state index in [0.717, 1.165) is 0 Å². The average molecular weight is 267 g/mol. The molecule has 0 radical (unpaired) electrons. The summed E-state index contributed by atoms with van der Waals surface area (Å²) >= 11 is 0. The van der Waals surface area contributed by atoms with Crippen molar-refractivity contribution in [3.8, 4) is 0 Å². The minimum Gasteiger partial charge on any atom is -0.399 e. The van der Waals surface area contributed by atoms with Crippen LogP contribution in [-0.2, 0) is 16.6 Å². The highest BCUT2D eigenvalue weighted by molar-refractivity contribution is 7.89. The zero-order valence-corrected chi connectivity index (χ0v) is 10.6. The van der Waals surface area contributed by atoms with Crippen molar-refractivity contribution in [2.24, 2.45) is 0 Å². The second-order valence-electron chi connectivity index (χ2n) is 3.76. The molecule has 2 rings (SSSR count). The molecule has 0 spiro atoms. The molecule has 1 heterocycles. The zero-order valence-electron chi connectivity index (χ0n) is 9.74. The van der Waals surface area contributed by atoms with Crippen molar-refractivity contribution >= 4 is 15.7 Å². The van der Waals surface area contributed by atoms with Gasteiger partial charge in [-0.3, -0.25) is 5.10 Å². The smallest absolute Gasteiger partial charge is 0.243 e. The molecule has 0 saturated heterocycles. The minimum atomic E-state index is -3.54. The molecule has 0 fully saturated rings. The molecule has 0 saturated carbocycles. The number of sulfonamides is 1. The molecule has 0 atom stereocenters. The van der Waals surface area contributed by atoms with Crippen LogP contribution in [0.2, 0.25) is 0 Å². The van der Waals surface area contributed by atoms with E-state index in [1.54, 1.807) is 12.1 Å². The van der Waals surface area contributed by atoms with Crippen LogP contribution in [0.4, 0.5) is 5.69 Å². The SMILES string of the molecule is CN(Cc1ncn[nH]1)S(=O)(=O)c1ccc(N)cc1. The fourth-order valence-electron chi connectivity index (χ4n) is 1.42. The van der Waals surface area contributed by atoms with Gasteiger partial charge in [0.1, 0.15) is 12.2 Å². The van der Waals surface area contributed by atoms with Crippen molar-refractivity contribution < 1.29 is 8.42 Å². The van der Waals surface area contributed by atoms with Crippen LogP contribution in [0, 0.1) is 0 Å². The van der Waals surface area contributed by atoms with Gasteiger partial charge in [0.15, 0.2) is 0 Å². The first-order chi connectivity index (χ1) is 8.50. The fourth-order valence-corrected chi connectivity index (χ4v) is 2.55. The summed E-state index contributed by atoms with van der Waals surface area (Å²) in [5.74, 6) is 0.483. The normalized spacial score (nSPS) is 11.9. The Morgan fingerprint density at radius 2 is 2.00 bits per heavy atom. The Morgan fingerprint density at radius 3 is 2.56 bits per heavy atom. The van der Waals surface area contributed by atoms with Crippen LogP contribution in [0.5, 0.6) is 0 Å². The number of nitrogens with zero attached hydrogens (tertiary/aromatic N) is 3. The Kier molecular flexibility index (Phi) is 3.30. The molecule has 2 aromatic rings. The lowest BCUT2D eigenvalue weighted by Gasteiger charge is -2.15. The number of hydrogen-bond acceptors (Lipinski definition) is 5. The lowest BCUT2D eigenvalue weighted by Crippen LogP contribution is -2.27. The maximum Gasteiger partial charge on any atom is 0.243 e. The van der Waals surface area contributed by atoms with E-state index in [4.69, 9.17) is 5.73 Å². The van der Waals surface area contributed by atoms with Gasteiger partial charge < -0.3 is 5.73 Å². The predicted molar refractivity (Wildman–Crippen MR) is 65.9 cm³/mol. The van der Waals surface area contributed by atoms with Gasteiger partial charge >= 0.3 is 0 Å². The molecule has 0 amide bonds. The highest BCUT2D eigenvalue weighted by Crippen LogP contribution is 2.16. The van der Waals surface area contributed by atoms with Crippen LogP contribution >= 0.6 is 0 Å². The van der Waals surface area contributed by atoms with Gasteiger partial charge in [-0.25, -0.2) is 13.4 Å². The fraction of sp³-hybridized carbons (Fsp3) is 0.200. The summed E-state index contributed by atoms with van der Waals surface area (Å²) in [6, 6.07) is 6.05. The molecular weight excluding hydrogens is 254 g/mol. The van der Waals surface area contributed by atoms with E-state index in [1.165, 1.54) is 29.8 Å². The number of nitrogen functional groups attached to an aromatic ring is 1. The number of rotatable bonds is 4. The van der Waals surface area contributed by atoms with E-state index in [0.29, 0.717) is 11.5 Å². The minimum absolute atomic E-state index is 0.132. The monoisotopic (exact) mass is 267 g/mol. The molecule has 8 heteroatoms. The first-order valence-corrected chi connectivity index (χ1v) is 6.60. The molecule has 1 aromatic heterocycles. The summed E-state index contributed by atoms with van der Waals surface area (Å²) in [7, 11) is -2.06. The maximum absolute atomic E-state index is 12.2. The number of hydrogen-bond donors (Lipinski definition) is 2. The van der Waals surface area contributed by atoms with Crippen LogP contribution in [0.25, 0.3) is 0 Å². The first-order valence-electron chi connectivity index (χ1n) is 5.16. The lowest BCUT2D eigenvalue weighted by atomic mass is 10.3. The van der Waals surface area contributed by atoms with E-state index < -0.39 is 10.0 Å². The van der Waals surface area contributed by atoms with Gasteiger partial charge in [0.05, 0.1) is 11.4 Å². The molecule has 96 valence electrons. The number of aromatic nitrogens is 3. The standard InChI is InChI=1S/C10H13N5O2S/c1-15(6-10-12-7-13-14-10)18(16,17)9-4-2-8(11)3-5-9/h2-5,7H,6,11H2,1H3,(H,12,13,14). The van der Waals surface area contributed by atoms with Crippen molar-refractivity contribution in [2.75, 3.05) is 12.8 Å². The van der Waals surface area contributed by atoms with E-state index in [2.05, 4.69) is 15.2 Å². The van der Waals surface area contributed by atoms with Crippen molar-refractivity contribution in [3.63, 3.8) is 0 Å². The summed E-state index contributed by atoms with van der Waals surface area (Å²) in [6.45, 7) is 0.132. The number of anilines is 1. The number of H-pyrrole nitrogens is 1. The summed E-state index contributed by atoms with van der Waals surface area (Å²) in [4.78, 5) is 4.08. The molecule has 1 aromatic carbocycles. The molecule has 7 nitrogen and oxygen atoms in total. The molecule has 3 N–H and O–H groups in total. The van der Waals surface area contributed by atoms with E-state index in [1.807, 2.05) is 0 Å². The third-order valence-electron chi connectivity index (χ3n) is 2.43. The third kappa shape index (κ3) is 2.49. The van der Waals surface area contributed by atoms with Gasteiger partial charge in [0, 0.05) is 12.7 Å². The Morgan fingerprint density at radius 1 is 1.33 bits per heavy atom. The Hall–Kier alpha value is -1.93. The zero-order chi connectivity index (χ0) is 13.2. The summed E-state index contributed by atoms with van der Waals surface area (Å²) < 4.78 is 25.6. The number of nitrogens with one attached hydrogen (secondary N) is 1. The highest BCUT2D eigenvalue weighted by Gasteiger charge is 2.21. The average Bonchev–Trinajstić information content (AvgIpc) is 2.82. The Balaban J connectivity index is 2.22. The summed E-state index contributed by atoms with van der Waals surface area (Å²) in [5.41, 5.74) is 6.04.